The Morgan fingerprint density at radius 1 is 1.19 bits per heavy atom. The number of aryl methyl sites for hydroxylation is 1. The minimum Gasteiger partial charge on any atom is -0.390 e. The van der Waals surface area contributed by atoms with Crippen molar-refractivity contribution in [1.29, 1.82) is 0 Å². The van der Waals surface area contributed by atoms with Crippen LogP contribution in [-0.2, 0) is 6.42 Å². The molecular formula is C15H20O. The van der Waals surface area contributed by atoms with Crippen LogP contribution in [0.1, 0.15) is 37.7 Å². The lowest BCUT2D eigenvalue weighted by Crippen LogP contribution is -2.35. The highest BCUT2D eigenvalue weighted by atomic mass is 16.3. The molecule has 16 heavy (non-hydrogen) atoms. The van der Waals surface area contributed by atoms with Gasteiger partial charge in [0.1, 0.15) is 0 Å². The largest absolute Gasteiger partial charge is 0.390 e. The molecule has 0 amide bonds. The second-order valence-electron chi connectivity index (χ2n) is 5.67. The summed E-state index contributed by atoms with van der Waals surface area (Å²) in [7, 11) is 0. The summed E-state index contributed by atoms with van der Waals surface area (Å²) in [6, 6.07) is 10.5. The number of fused-ring (bicyclic) bond motifs is 2. The fraction of sp³-hybridized carbons (Fsp3) is 0.600. The Kier molecular flexibility index (Phi) is 2.51. The molecule has 3 atom stereocenters. The van der Waals surface area contributed by atoms with E-state index < -0.39 is 0 Å². The van der Waals surface area contributed by atoms with Gasteiger partial charge >= 0.3 is 0 Å². The Bertz CT molecular complexity index is 359. The molecule has 86 valence electrons. The Labute approximate surface area is 97.5 Å². The maximum absolute atomic E-state index is 10.6. The van der Waals surface area contributed by atoms with E-state index in [0.29, 0.717) is 5.92 Å². The van der Waals surface area contributed by atoms with Crippen molar-refractivity contribution in [1.82, 2.24) is 0 Å². The molecule has 0 heterocycles. The van der Waals surface area contributed by atoms with Crippen molar-refractivity contribution < 1.29 is 5.11 Å². The first kappa shape index (κ1) is 10.3. The Hall–Kier alpha value is -0.820. The molecule has 1 N–H and O–H groups in total. The quantitative estimate of drug-likeness (QED) is 0.822. The van der Waals surface area contributed by atoms with E-state index in [1.807, 2.05) is 0 Å². The summed E-state index contributed by atoms with van der Waals surface area (Å²) in [5, 5.41) is 10.6. The Morgan fingerprint density at radius 3 is 2.62 bits per heavy atom. The van der Waals surface area contributed by atoms with E-state index in [-0.39, 0.29) is 5.60 Å². The zero-order chi connectivity index (χ0) is 11.0. The van der Waals surface area contributed by atoms with Gasteiger partial charge in [-0.15, -0.1) is 0 Å². The minimum absolute atomic E-state index is 0.335. The first-order chi connectivity index (χ1) is 7.76. The molecule has 0 aromatic heterocycles. The van der Waals surface area contributed by atoms with Crippen LogP contribution in [0.5, 0.6) is 0 Å². The molecule has 1 aromatic carbocycles. The molecule has 2 fully saturated rings. The van der Waals surface area contributed by atoms with Gasteiger partial charge in [-0.25, -0.2) is 0 Å². The maximum Gasteiger partial charge on any atom is 0.0681 e. The van der Waals surface area contributed by atoms with Crippen LogP contribution >= 0.6 is 0 Å². The Balaban J connectivity index is 1.63. The number of aliphatic hydroxyl groups is 1. The predicted octanol–water partition coefficient (Wildman–Crippen LogP) is 3.17. The van der Waals surface area contributed by atoms with Gasteiger partial charge in [-0.05, 0) is 55.9 Å². The highest BCUT2D eigenvalue weighted by Crippen LogP contribution is 2.52. The summed E-state index contributed by atoms with van der Waals surface area (Å²) >= 11 is 0. The van der Waals surface area contributed by atoms with Crippen LogP contribution in [0.4, 0.5) is 0 Å². The first-order valence-corrected chi connectivity index (χ1v) is 6.52. The summed E-state index contributed by atoms with van der Waals surface area (Å²) in [5.74, 6) is 1.42. The van der Waals surface area contributed by atoms with Crippen molar-refractivity contribution in [2.45, 2.75) is 44.1 Å². The van der Waals surface area contributed by atoms with Crippen molar-refractivity contribution in [3.63, 3.8) is 0 Å². The smallest absolute Gasteiger partial charge is 0.0681 e. The monoisotopic (exact) mass is 216 g/mol. The highest BCUT2D eigenvalue weighted by Gasteiger charge is 2.49. The molecule has 1 aromatic rings. The van der Waals surface area contributed by atoms with Crippen molar-refractivity contribution >= 4 is 0 Å². The zero-order valence-corrected chi connectivity index (χ0v) is 9.73. The van der Waals surface area contributed by atoms with Gasteiger partial charge in [0.25, 0.3) is 0 Å². The first-order valence-electron chi connectivity index (χ1n) is 6.52. The molecule has 3 unspecified atom stereocenters. The maximum atomic E-state index is 10.6. The standard InChI is InChI=1S/C15H20O/c16-15(11-13-6-7-14(15)10-13)9-8-12-4-2-1-3-5-12/h1-5,13-14,16H,6-11H2. The molecule has 0 saturated heterocycles. The molecule has 0 spiro atoms. The van der Waals surface area contributed by atoms with Crippen molar-refractivity contribution in [3.05, 3.63) is 35.9 Å². The minimum atomic E-state index is -0.335. The van der Waals surface area contributed by atoms with Gasteiger partial charge < -0.3 is 5.11 Å². The predicted molar refractivity (Wildman–Crippen MR) is 65.2 cm³/mol. The van der Waals surface area contributed by atoms with Crippen molar-refractivity contribution in [3.8, 4) is 0 Å². The van der Waals surface area contributed by atoms with Gasteiger partial charge in [0.2, 0.25) is 0 Å². The molecule has 3 rings (SSSR count). The molecule has 0 aliphatic heterocycles. The normalized spacial score (nSPS) is 36.8. The molecular weight excluding hydrogens is 196 g/mol. The van der Waals surface area contributed by atoms with Gasteiger partial charge in [0, 0.05) is 0 Å². The number of hydrogen-bond acceptors (Lipinski definition) is 1. The van der Waals surface area contributed by atoms with E-state index in [1.165, 1.54) is 24.8 Å². The lowest BCUT2D eigenvalue weighted by molar-refractivity contribution is -0.0201. The second kappa shape index (κ2) is 3.89. The third-order valence-electron chi connectivity index (χ3n) is 4.63. The molecule has 1 nitrogen and oxygen atoms in total. The van der Waals surface area contributed by atoms with Crippen LogP contribution in [-0.4, -0.2) is 10.7 Å². The van der Waals surface area contributed by atoms with Crippen molar-refractivity contribution in [2.24, 2.45) is 11.8 Å². The fourth-order valence-corrected chi connectivity index (χ4v) is 3.73. The number of rotatable bonds is 3. The average molecular weight is 216 g/mol. The van der Waals surface area contributed by atoms with E-state index in [0.717, 1.165) is 25.2 Å². The van der Waals surface area contributed by atoms with Gasteiger partial charge in [-0.2, -0.15) is 0 Å². The van der Waals surface area contributed by atoms with Gasteiger partial charge in [-0.3, -0.25) is 0 Å². The van der Waals surface area contributed by atoms with Gasteiger partial charge in [-0.1, -0.05) is 30.3 Å². The van der Waals surface area contributed by atoms with Crippen LogP contribution in [0.25, 0.3) is 0 Å². The zero-order valence-electron chi connectivity index (χ0n) is 9.73. The SMILES string of the molecule is OC1(CCc2ccccc2)CC2CCC1C2. The molecule has 2 saturated carbocycles. The Morgan fingerprint density at radius 2 is 2.00 bits per heavy atom. The van der Waals surface area contributed by atoms with E-state index in [4.69, 9.17) is 0 Å². The molecule has 2 aliphatic carbocycles. The van der Waals surface area contributed by atoms with E-state index in [2.05, 4.69) is 30.3 Å². The highest BCUT2D eigenvalue weighted by molar-refractivity contribution is 5.15. The molecule has 0 radical (unpaired) electrons. The summed E-state index contributed by atoms with van der Waals surface area (Å²) in [6.45, 7) is 0. The summed E-state index contributed by atoms with van der Waals surface area (Å²) in [6.07, 6.45) is 6.95. The van der Waals surface area contributed by atoms with E-state index in [1.54, 1.807) is 0 Å². The van der Waals surface area contributed by atoms with Crippen LogP contribution in [0.15, 0.2) is 30.3 Å². The van der Waals surface area contributed by atoms with Crippen LogP contribution in [0.2, 0.25) is 0 Å². The molecule has 2 bridgehead atoms. The number of benzene rings is 1. The second-order valence-corrected chi connectivity index (χ2v) is 5.67. The van der Waals surface area contributed by atoms with Crippen LogP contribution < -0.4 is 0 Å². The fourth-order valence-electron chi connectivity index (χ4n) is 3.73. The molecule has 2 aliphatic rings. The lowest BCUT2D eigenvalue weighted by atomic mass is 9.80. The lowest BCUT2D eigenvalue weighted by Gasteiger charge is -2.32. The summed E-state index contributed by atoms with van der Waals surface area (Å²) in [5.41, 5.74) is 1.03. The number of hydrogen-bond donors (Lipinski definition) is 1. The topological polar surface area (TPSA) is 20.2 Å². The van der Waals surface area contributed by atoms with E-state index in [9.17, 15) is 5.11 Å². The van der Waals surface area contributed by atoms with E-state index >= 15 is 0 Å². The van der Waals surface area contributed by atoms with Crippen LogP contribution in [0, 0.1) is 11.8 Å². The third kappa shape index (κ3) is 1.78. The molecule has 1 heteroatoms. The van der Waals surface area contributed by atoms with Gasteiger partial charge in [0.05, 0.1) is 5.60 Å². The summed E-state index contributed by atoms with van der Waals surface area (Å²) in [4.78, 5) is 0. The van der Waals surface area contributed by atoms with Crippen LogP contribution in [0.3, 0.4) is 0 Å². The third-order valence-corrected chi connectivity index (χ3v) is 4.63. The average Bonchev–Trinajstić information content (AvgIpc) is 2.88. The summed E-state index contributed by atoms with van der Waals surface area (Å²) < 4.78 is 0. The van der Waals surface area contributed by atoms with Gasteiger partial charge in [0.15, 0.2) is 0 Å². The van der Waals surface area contributed by atoms with Crippen molar-refractivity contribution in [2.75, 3.05) is 0 Å².